The van der Waals surface area contributed by atoms with Crippen molar-refractivity contribution >= 4 is 5.91 Å². The van der Waals surface area contributed by atoms with E-state index in [4.69, 9.17) is 14.2 Å². The Morgan fingerprint density at radius 2 is 1.66 bits per heavy atom. The third-order valence-corrected chi connectivity index (χ3v) is 7.09. The van der Waals surface area contributed by atoms with Crippen molar-refractivity contribution in [3.63, 3.8) is 0 Å². The molecule has 3 aliphatic rings. The van der Waals surface area contributed by atoms with Crippen LogP contribution < -0.4 is 14.2 Å². The molecule has 1 saturated carbocycles. The minimum Gasteiger partial charge on any atom is -0.493 e. The van der Waals surface area contributed by atoms with Crippen molar-refractivity contribution in [2.24, 2.45) is 5.92 Å². The molecule has 2 saturated heterocycles. The van der Waals surface area contributed by atoms with Crippen LogP contribution in [0.5, 0.6) is 17.2 Å². The molecule has 0 aromatic heterocycles. The van der Waals surface area contributed by atoms with E-state index < -0.39 is 0 Å². The second-order valence-corrected chi connectivity index (χ2v) is 8.64. The number of amides is 1. The highest BCUT2D eigenvalue weighted by Gasteiger charge is 2.41. The zero-order valence-corrected chi connectivity index (χ0v) is 18.0. The maximum atomic E-state index is 12.8. The number of likely N-dealkylation sites (tertiary alicyclic amines) is 2. The van der Waals surface area contributed by atoms with E-state index in [1.807, 2.05) is 12.1 Å². The van der Waals surface area contributed by atoms with Gasteiger partial charge in [0.1, 0.15) is 0 Å². The Labute approximate surface area is 174 Å². The molecule has 0 spiro atoms. The number of methoxy groups -OCH3 is 3. The largest absolute Gasteiger partial charge is 0.493 e. The van der Waals surface area contributed by atoms with Crippen LogP contribution in [-0.4, -0.2) is 62.2 Å². The molecule has 3 fully saturated rings. The van der Waals surface area contributed by atoms with E-state index in [1.54, 1.807) is 21.3 Å². The molecule has 1 aromatic rings. The first-order chi connectivity index (χ1) is 14.1. The fraction of sp³-hybridized carbons (Fsp3) is 0.696. The van der Waals surface area contributed by atoms with Crippen molar-refractivity contribution in [2.75, 3.05) is 34.4 Å². The number of ether oxygens (including phenoxy) is 3. The van der Waals surface area contributed by atoms with E-state index in [0.717, 1.165) is 37.5 Å². The molecular formula is C23H34N2O4. The van der Waals surface area contributed by atoms with Crippen LogP contribution in [0.1, 0.15) is 50.5 Å². The topological polar surface area (TPSA) is 51.2 Å². The maximum Gasteiger partial charge on any atom is 0.223 e. The number of carbonyl (C=O) groups excluding carboxylic acids is 1. The summed E-state index contributed by atoms with van der Waals surface area (Å²) in [5, 5.41) is 0. The lowest BCUT2D eigenvalue weighted by Gasteiger charge is -2.48. The van der Waals surface area contributed by atoms with Gasteiger partial charge < -0.3 is 19.1 Å². The van der Waals surface area contributed by atoms with E-state index in [1.165, 1.54) is 25.7 Å². The molecule has 2 aliphatic heterocycles. The van der Waals surface area contributed by atoms with Gasteiger partial charge in [0, 0.05) is 38.1 Å². The van der Waals surface area contributed by atoms with Gasteiger partial charge in [-0.25, -0.2) is 0 Å². The second-order valence-electron chi connectivity index (χ2n) is 8.64. The molecule has 29 heavy (non-hydrogen) atoms. The van der Waals surface area contributed by atoms with Crippen molar-refractivity contribution in [1.29, 1.82) is 0 Å². The summed E-state index contributed by atoms with van der Waals surface area (Å²) in [6.07, 6.45) is 8.22. The number of benzene rings is 1. The number of piperidine rings is 2. The number of hydrogen-bond donors (Lipinski definition) is 0. The third-order valence-electron chi connectivity index (χ3n) is 7.09. The summed E-state index contributed by atoms with van der Waals surface area (Å²) in [5.41, 5.74) is 1.02. The van der Waals surface area contributed by atoms with Gasteiger partial charge in [-0.3, -0.25) is 9.69 Å². The smallest absolute Gasteiger partial charge is 0.223 e. The van der Waals surface area contributed by atoms with Crippen LogP contribution in [0.25, 0.3) is 0 Å². The average Bonchev–Trinajstić information content (AvgIpc) is 3.29. The minimum absolute atomic E-state index is 0.273. The Morgan fingerprint density at radius 1 is 0.966 bits per heavy atom. The number of fused-ring (bicyclic) bond motifs is 1. The maximum absolute atomic E-state index is 12.8. The van der Waals surface area contributed by atoms with Crippen molar-refractivity contribution in [2.45, 2.75) is 63.6 Å². The zero-order chi connectivity index (χ0) is 20.4. The molecular weight excluding hydrogens is 368 g/mol. The highest BCUT2D eigenvalue weighted by atomic mass is 16.5. The minimum atomic E-state index is 0.273. The molecule has 0 radical (unpaired) electrons. The molecule has 0 bridgehead atoms. The summed E-state index contributed by atoms with van der Waals surface area (Å²) in [6.45, 7) is 2.86. The van der Waals surface area contributed by atoms with Crippen molar-refractivity contribution in [3.05, 3.63) is 17.7 Å². The summed E-state index contributed by atoms with van der Waals surface area (Å²) in [5.74, 6) is 2.72. The van der Waals surface area contributed by atoms with E-state index in [-0.39, 0.29) is 5.91 Å². The van der Waals surface area contributed by atoms with Gasteiger partial charge in [0.25, 0.3) is 0 Å². The average molecular weight is 403 g/mol. The van der Waals surface area contributed by atoms with Gasteiger partial charge in [0.05, 0.1) is 21.3 Å². The van der Waals surface area contributed by atoms with Crippen LogP contribution in [0.15, 0.2) is 12.1 Å². The Morgan fingerprint density at radius 3 is 2.28 bits per heavy atom. The van der Waals surface area contributed by atoms with Gasteiger partial charge in [-0.15, -0.1) is 0 Å². The molecule has 6 nitrogen and oxygen atoms in total. The fourth-order valence-electron chi connectivity index (χ4n) is 5.61. The van der Waals surface area contributed by atoms with Crippen molar-refractivity contribution < 1.29 is 19.0 Å². The van der Waals surface area contributed by atoms with Crippen LogP contribution in [0.3, 0.4) is 0 Å². The summed E-state index contributed by atoms with van der Waals surface area (Å²) < 4.78 is 16.4. The molecule has 6 heteroatoms. The van der Waals surface area contributed by atoms with Gasteiger partial charge >= 0.3 is 0 Å². The van der Waals surface area contributed by atoms with Gasteiger partial charge in [-0.1, -0.05) is 12.8 Å². The summed E-state index contributed by atoms with van der Waals surface area (Å²) in [6, 6.07) is 5.04. The summed E-state index contributed by atoms with van der Waals surface area (Å²) in [4.78, 5) is 17.7. The Hall–Kier alpha value is -1.95. The van der Waals surface area contributed by atoms with Crippen LogP contribution in [0.2, 0.25) is 0 Å². The van der Waals surface area contributed by atoms with E-state index in [2.05, 4.69) is 9.80 Å². The lowest BCUT2D eigenvalue weighted by molar-refractivity contribution is -0.142. The molecule has 4 rings (SSSR count). The standard InChI is InChI=1S/C23H34N2O4/c1-27-20-12-16(13-21(28-2)23(20)29-3)14-25-19-10-11-24(18-6-4-5-7-18)15-17(19)8-9-22(25)26/h12-13,17-19H,4-11,14-15H2,1-3H3/t17-,19+/m1/s1. The monoisotopic (exact) mass is 402 g/mol. The highest BCUT2D eigenvalue weighted by Crippen LogP contribution is 2.40. The quantitative estimate of drug-likeness (QED) is 0.729. The first-order valence-corrected chi connectivity index (χ1v) is 11.0. The molecule has 0 unspecified atom stereocenters. The second kappa shape index (κ2) is 8.82. The molecule has 1 aromatic carbocycles. The fourth-order valence-corrected chi connectivity index (χ4v) is 5.61. The first kappa shape index (κ1) is 20.3. The summed E-state index contributed by atoms with van der Waals surface area (Å²) in [7, 11) is 4.86. The molecule has 2 atom stereocenters. The van der Waals surface area contributed by atoms with Gasteiger partial charge in [0.15, 0.2) is 11.5 Å². The molecule has 1 aliphatic carbocycles. The lowest BCUT2D eigenvalue weighted by Crippen LogP contribution is -2.56. The first-order valence-electron chi connectivity index (χ1n) is 11.0. The molecule has 1 amide bonds. The van der Waals surface area contributed by atoms with Gasteiger partial charge in [0.2, 0.25) is 11.7 Å². The SMILES string of the molecule is COc1cc(CN2C(=O)CC[C@@H]3CN(C4CCCC4)CC[C@@H]32)cc(OC)c1OC. The van der Waals surface area contributed by atoms with E-state index in [9.17, 15) is 4.79 Å². The van der Waals surface area contributed by atoms with E-state index >= 15 is 0 Å². The van der Waals surface area contributed by atoms with Gasteiger partial charge in [-0.2, -0.15) is 0 Å². The summed E-state index contributed by atoms with van der Waals surface area (Å²) >= 11 is 0. The number of nitrogens with zero attached hydrogens (tertiary/aromatic N) is 2. The number of carbonyl (C=O) groups is 1. The normalized spacial score (nSPS) is 25.8. The van der Waals surface area contributed by atoms with Crippen LogP contribution in [0.4, 0.5) is 0 Å². The third kappa shape index (κ3) is 4.04. The molecule has 160 valence electrons. The zero-order valence-electron chi connectivity index (χ0n) is 18.0. The Bertz CT molecular complexity index is 707. The van der Waals surface area contributed by atoms with Crippen LogP contribution in [0, 0.1) is 5.92 Å². The molecule has 0 N–H and O–H groups in total. The van der Waals surface area contributed by atoms with Crippen molar-refractivity contribution in [3.8, 4) is 17.2 Å². The number of hydrogen-bond acceptors (Lipinski definition) is 5. The highest BCUT2D eigenvalue weighted by molar-refractivity contribution is 5.77. The Balaban J connectivity index is 1.51. The number of rotatable bonds is 6. The lowest BCUT2D eigenvalue weighted by atomic mass is 9.82. The van der Waals surface area contributed by atoms with E-state index in [0.29, 0.717) is 42.2 Å². The van der Waals surface area contributed by atoms with Crippen LogP contribution >= 0.6 is 0 Å². The predicted molar refractivity (Wildman–Crippen MR) is 112 cm³/mol. The molecule has 2 heterocycles. The van der Waals surface area contributed by atoms with Crippen molar-refractivity contribution in [1.82, 2.24) is 9.80 Å². The van der Waals surface area contributed by atoms with Crippen LogP contribution in [-0.2, 0) is 11.3 Å². The predicted octanol–water partition coefficient (Wildman–Crippen LogP) is 3.47. The van der Waals surface area contributed by atoms with Gasteiger partial charge in [-0.05, 0) is 49.3 Å². The Kier molecular flexibility index (Phi) is 6.18.